The number of nitrogens with zero attached hydrogens (tertiary/aromatic N) is 1. The highest BCUT2D eigenvalue weighted by Crippen LogP contribution is 2.34. The number of benzene rings is 1. The summed E-state index contributed by atoms with van der Waals surface area (Å²) in [5.41, 5.74) is 1.65. The van der Waals surface area contributed by atoms with Gasteiger partial charge in [0.1, 0.15) is 17.4 Å². The molecule has 0 atom stereocenters. The van der Waals surface area contributed by atoms with Crippen molar-refractivity contribution in [2.45, 2.75) is 13.5 Å². The first kappa shape index (κ1) is 14.0. The van der Waals surface area contributed by atoms with Gasteiger partial charge in [0.15, 0.2) is 0 Å². The van der Waals surface area contributed by atoms with Crippen molar-refractivity contribution in [2.24, 2.45) is 0 Å². The van der Waals surface area contributed by atoms with Crippen molar-refractivity contribution < 1.29 is 14.3 Å². The van der Waals surface area contributed by atoms with Crippen molar-refractivity contribution in [1.82, 2.24) is 4.98 Å². The van der Waals surface area contributed by atoms with E-state index in [2.05, 4.69) is 20.9 Å². The van der Waals surface area contributed by atoms with Crippen LogP contribution in [0.2, 0.25) is 0 Å². The zero-order valence-electron chi connectivity index (χ0n) is 10.5. The van der Waals surface area contributed by atoms with Crippen LogP contribution in [0.25, 0.3) is 10.6 Å². The maximum atomic E-state index is 10.8. The van der Waals surface area contributed by atoms with Gasteiger partial charge in [0, 0.05) is 16.8 Å². The normalized spacial score (nSPS) is 10.3. The third-order valence-electron chi connectivity index (χ3n) is 2.37. The maximum Gasteiger partial charge on any atom is 0.303 e. The van der Waals surface area contributed by atoms with Crippen LogP contribution in [0.1, 0.15) is 12.6 Å². The molecule has 1 heterocycles. The van der Waals surface area contributed by atoms with E-state index in [1.165, 1.54) is 18.3 Å². The molecule has 0 radical (unpaired) electrons. The molecule has 0 aliphatic carbocycles. The molecule has 19 heavy (non-hydrogen) atoms. The van der Waals surface area contributed by atoms with Crippen molar-refractivity contribution in [2.75, 3.05) is 7.11 Å². The molecular weight excluding hydrogens is 330 g/mol. The van der Waals surface area contributed by atoms with E-state index in [4.69, 9.17) is 9.47 Å². The van der Waals surface area contributed by atoms with E-state index < -0.39 is 0 Å². The molecular formula is C13H12BrNO3S. The summed E-state index contributed by atoms with van der Waals surface area (Å²) in [5.74, 6) is 0.450. The number of hydrogen-bond acceptors (Lipinski definition) is 5. The van der Waals surface area contributed by atoms with Crippen LogP contribution in [-0.2, 0) is 16.1 Å². The summed E-state index contributed by atoms with van der Waals surface area (Å²) >= 11 is 4.92. The van der Waals surface area contributed by atoms with E-state index >= 15 is 0 Å². The molecule has 0 saturated heterocycles. The number of hydrogen-bond donors (Lipinski definition) is 0. The second kappa shape index (κ2) is 6.16. The van der Waals surface area contributed by atoms with Gasteiger partial charge in [-0.2, -0.15) is 0 Å². The van der Waals surface area contributed by atoms with Crippen LogP contribution in [0.4, 0.5) is 0 Å². The number of esters is 1. The van der Waals surface area contributed by atoms with Crippen molar-refractivity contribution >= 4 is 33.2 Å². The topological polar surface area (TPSA) is 48.4 Å². The Hall–Kier alpha value is -1.40. The van der Waals surface area contributed by atoms with Crippen molar-refractivity contribution in [3.8, 4) is 16.3 Å². The van der Waals surface area contributed by atoms with Crippen molar-refractivity contribution in [3.05, 3.63) is 33.7 Å². The Morgan fingerprint density at radius 1 is 1.47 bits per heavy atom. The number of rotatable bonds is 4. The average molecular weight is 342 g/mol. The molecule has 1 aromatic heterocycles. The van der Waals surface area contributed by atoms with Gasteiger partial charge in [0.2, 0.25) is 0 Å². The number of thiazole rings is 1. The fraction of sp³-hybridized carbons (Fsp3) is 0.231. The minimum Gasteiger partial charge on any atom is -0.496 e. The Balaban J connectivity index is 2.27. The van der Waals surface area contributed by atoms with Gasteiger partial charge in [-0.05, 0) is 18.2 Å². The van der Waals surface area contributed by atoms with Crippen LogP contribution in [-0.4, -0.2) is 18.1 Å². The Morgan fingerprint density at radius 2 is 2.26 bits per heavy atom. The molecule has 0 fully saturated rings. The van der Waals surface area contributed by atoms with Gasteiger partial charge in [0.05, 0.1) is 18.4 Å². The Morgan fingerprint density at radius 3 is 2.95 bits per heavy atom. The lowest BCUT2D eigenvalue weighted by Gasteiger charge is -2.06. The molecule has 0 aliphatic rings. The quantitative estimate of drug-likeness (QED) is 0.796. The summed E-state index contributed by atoms with van der Waals surface area (Å²) in [6.07, 6.45) is 0. The summed E-state index contributed by atoms with van der Waals surface area (Å²) in [6.45, 7) is 1.58. The highest BCUT2D eigenvalue weighted by molar-refractivity contribution is 9.10. The van der Waals surface area contributed by atoms with Crippen LogP contribution in [0.5, 0.6) is 5.75 Å². The molecule has 2 rings (SSSR count). The van der Waals surface area contributed by atoms with E-state index in [-0.39, 0.29) is 12.6 Å². The maximum absolute atomic E-state index is 10.8. The van der Waals surface area contributed by atoms with Crippen LogP contribution < -0.4 is 4.74 Å². The molecule has 6 heteroatoms. The average Bonchev–Trinajstić information content (AvgIpc) is 2.85. The van der Waals surface area contributed by atoms with Crippen LogP contribution >= 0.6 is 27.3 Å². The zero-order chi connectivity index (χ0) is 13.8. The van der Waals surface area contributed by atoms with Crippen LogP contribution in [0, 0.1) is 0 Å². The largest absolute Gasteiger partial charge is 0.496 e. The molecule has 0 spiro atoms. The predicted molar refractivity (Wildman–Crippen MR) is 77.3 cm³/mol. The molecule has 0 saturated carbocycles. The zero-order valence-corrected chi connectivity index (χ0v) is 12.9. The third-order valence-corrected chi connectivity index (χ3v) is 3.78. The minimum absolute atomic E-state index is 0.197. The summed E-state index contributed by atoms with van der Waals surface area (Å²) in [4.78, 5) is 15.2. The summed E-state index contributed by atoms with van der Waals surface area (Å²) in [6, 6.07) is 5.75. The highest BCUT2D eigenvalue weighted by Gasteiger charge is 2.11. The summed E-state index contributed by atoms with van der Waals surface area (Å²) in [7, 11) is 1.63. The van der Waals surface area contributed by atoms with Crippen molar-refractivity contribution in [3.63, 3.8) is 0 Å². The van der Waals surface area contributed by atoms with E-state index in [1.54, 1.807) is 7.11 Å². The van der Waals surface area contributed by atoms with Gasteiger partial charge >= 0.3 is 5.97 Å². The lowest BCUT2D eigenvalue weighted by atomic mass is 10.2. The van der Waals surface area contributed by atoms with Crippen molar-refractivity contribution in [1.29, 1.82) is 0 Å². The highest BCUT2D eigenvalue weighted by atomic mass is 79.9. The first-order chi connectivity index (χ1) is 9.10. The van der Waals surface area contributed by atoms with Crippen LogP contribution in [0.3, 0.4) is 0 Å². The molecule has 100 valence electrons. The van der Waals surface area contributed by atoms with E-state index in [9.17, 15) is 4.79 Å². The smallest absolute Gasteiger partial charge is 0.303 e. The Labute approximate surface area is 123 Å². The van der Waals surface area contributed by atoms with Gasteiger partial charge in [0.25, 0.3) is 0 Å². The molecule has 4 nitrogen and oxygen atoms in total. The van der Waals surface area contributed by atoms with Gasteiger partial charge in [-0.15, -0.1) is 11.3 Å². The first-order valence-electron chi connectivity index (χ1n) is 5.52. The number of carbonyl (C=O) groups excluding carboxylic acids is 1. The minimum atomic E-state index is -0.311. The molecule has 0 N–H and O–H groups in total. The lowest BCUT2D eigenvalue weighted by molar-refractivity contribution is -0.142. The molecule has 1 aromatic carbocycles. The fourth-order valence-electron chi connectivity index (χ4n) is 1.52. The number of ether oxygens (including phenoxy) is 2. The lowest BCUT2D eigenvalue weighted by Crippen LogP contribution is -1.98. The van der Waals surface area contributed by atoms with E-state index in [1.807, 2.05) is 23.6 Å². The van der Waals surface area contributed by atoms with E-state index in [0.29, 0.717) is 0 Å². The fourth-order valence-corrected chi connectivity index (χ4v) is 2.71. The van der Waals surface area contributed by atoms with Gasteiger partial charge < -0.3 is 9.47 Å². The molecule has 2 aromatic rings. The summed E-state index contributed by atoms with van der Waals surface area (Å²) in [5, 5.41) is 2.71. The van der Waals surface area contributed by atoms with Gasteiger partial charge in [-0.1, -0.05) is 15.9 Å². The third kappa shape index (κ3) is 3.54. The summed E-state index contributed by atoms with van der Waals surface area (Å²) < 4.78 is 11.2. The second-order valence-corrected chi connectivity index (χ2v) is 5.54. The number of halogens is 1. The molecule has 0 aliphatic heterocycles. The van der Waals surface area contributed by atoms with E-state index in [0.717, 1.165) is 26.5 Å². The first-order valence-corrected chi connectivity index (χ1v) is 7.19. The number of carbonyl (C=O) groups is 1. The monoisotopic (exact) mass is 341 g/mol. The number of aromatic nitrogens is 1. The standard InChI is InChI=1S/C13H12BrNO3S/c1-8(16)18-6-10-7-19-13(15-10)11-5-9(14)3-4-12(11)17-2/h3-5,7H,6H2,1-2H3. The van der Waals surface area contributed by atoms with Gasteiger partial charge in [-0.3, -0.25) is 4.79 Å². The Bertz CT molecular complexity index is 597. The molecule has 0 bridgehead atoms. The van der Waals surface area contributed by atoms with Crippen LogP contribution in [0.15, 0.2) is 28.1 Å². The SMILES string of the molecule is COc1ccc(Br)cc1-c1nc(COC(C)=O)cs1. The molecule has 0 unspecified atom stereocenters. The molecule has 0 amide bonds. The van der Waals surface area contributed by atoms with Gasteiger partial charge in [-0.25, -0.2) is 4.98 Å². The number of methoxy groups -OCH3 is 1. The second-order valence-electron chi connectivity index (χ2n) is 3.77. The Kier molecular flexibility index (Phi) is 4.55. The predicted octanol–water partition coefficient (Wildman–Crippen LogP) is 3.64.